The van der Waals surface area contributed by atoms with Gasteiger partial charge in [0.2, 0.25) is 5.91 Å². The molecule has 22 heavy (non-hydrogen) atoms. The minimum Gasteiger partial charge on any atom is -0.479 e. The molecule has 2 N–H and O–H groups in total. The molecule has 1 aromatic heterocycles. The van der Waals surface area contributed by atoms with E-state index in [9.17, 15) is 9.59 Å². The van der Waals surface area contributed by atoms with Gasteiger partial charge in [0.25, 0.3) is 5.91 Å². The van der Waals surface area contributed by atoms with Crippen molar-refractivity contribution < 1.29 is 14.3 Å². The van der Waals surface area contributed by atoms with E-state index in [4.69, 9.17) is 4.74 Å². The second-order valence-electron chi connectivity index (χ2n) is 5.09. The van der Waals surface area contributed by atoms with Crippen LogP contribution in [0.2, 0.25) is 0 Å². The standard InChI is InChI=1S/C16H16N2O3S/c1-10-16(20)18-13-9-11(4-6-14(13)21-10)17-15(19)7-5-12-3-2-8-22-12/h2-4,6,8-10H,5,7H2,1H3,(H,17,19)(H,18,20). The molecule has 1 unspecified atom stereocenters. The molecule has 1 aliphatic rings. The van der Waals surface area contributed by atoms with Crippen LogP contribution < -0.4 is 15.4 Å². The van der Waals surface area contributed by atoms with Gasteiger partial charge < -0.3 is 15.4 Å². The summed E-state index contributed by atoms with van der Waals surface area (Å²) in [6, 6.07) is 9.23. The van der Waals surface area contributed by atoms with Crippen molar-refractivity contribution in [1.82, 2.24) is 0 Å². The maximum atomic E-state index is 12.0. The van der Waals surface area contributed by atoms with E-state index in [0.717, 1.165) is 6.42 Å². The summed E-state index contributed by atoms with van der Waals surface area (Å²) in [5, 5.41) is 7.60. The number of anilines is 2. The number of fused-ring (bicyclic) bond motifs is 1. The Morgan fingerprint density at radius 3 is 3.05 bits per heavy atom. The molecule has 3 rings (SSSR count). The van der Waals surface area contributed by atoms with Gasteiger partial charge >= 0.3 is 0 Å². The molecular formula is C16H16N2O3S. The molecule has 0 saturated carbocycles. The van der Waals surface area contributed by atoms with Crippen LogP contribution in [0.5, 0.6) is 5.75 Å². The first kappa shape index (κ1) is 14.6. The number of rotatable bonds is 4. The molecule has 5 nitrogen and oxygen atoms in total. The molecule has 0 fully saturated rings. The fourth-order valence-electron chi connectivity index (χ4n) is 2.20. The number of ether oxygens (including phenoxy) is 1. The number of thiophene rings is 1. The Hall–Kier alpha value is -2.34. The van der Waals surface area contributed by atoms with E-state index in [0.29, 0.717) is 23.5 Å². The molecule has 2 aromatic rings. The summed E-state index contributed by atoms with van der Waals surface area (Å²) in [5.41, 5.74) is 1.23. The van der Waals surface area contributed by atoms with Gasteiger partial charge in [-0.3, -0.25) is 9.59 Å². The normalized spacial score (nSPS) is 16.4. The quantitative estimate of drug-likeness (QED) is 0.911. The monoisotopic (exact) mass is 316 g/mol. The number of carbonyl (C=O) groups is 2. The Balaban J connectivity index is 1.62. The van der Waals surface area contributed by atoms with Gasteiger partial charge in [-0.25, -0.2) is 0 Å². The number of carbonyl (C=O) groups excluding carboxylic acids is 2. The molecule has 0 radical (unpaired) electrons. The van der Waals surface area contributed by atoms with Gasteiger partial charge in [-0.2, -0.15) is 0 Å². The van der Waals surface area contributed by atoms with Crippen LogP contribution in [0.4, 0.5) is 11.4 Å². The summed E-state index contributed by atoms with van der Waals surface area (Å²) < 4.78 is 5.48. The van der Waals surface area contributed by atoms with Crippen molar-refractivity contribution in [2.75, 3.05) is 10.6 Å². The van der Waals surface area contributed by atoms with Gasteiger partial charge in [0.15, 0.2) is 6.10 Å². The van der Waals surface area contributed by atoms with Crippen LogP contribution in [0.3, 0.4) is 0 Å². The fraction of sp³-hybridized carbons (Fsp3) is 0.250. The SMILES string of the molecule is CC1Oc2ccc(NC(=O)CCc3cccs3)cc2NC1=O. The zero-order chi connectivity index (χ0) is 15.5. The lowest BCUT2D eigenvalue weighted by atomic mass is 10.2. The molecule has 2 heterocycles. The van der Waals surface area contributed by atoms with Crippen molar-refractivity contribution in [2.45, 2.75) is 25.9 Å². The first-order chi connectivity index (χ1) is 10.6. The summed E-state index contributed by atoms with van der Waals surface area (Å²) in [7, 11) is 0. The predicted octanol–water partition coefficient (Wildman–Crippen LogP) is 3.04. The summed E-state index contributed by atoms with van der Waals surface area (Å²) in [4.78, 5) is 24.8. The number of hydrogen-bond donors (Lipinski definition) is 2. The third kappa shape index (κ3) is 3.28. The van der Waals surface area contributed by atoms with Crippen LogP contribution in [0.15, 0.2) is 35.7 Å². The predicted molar refractivity (Wildman–Crippen MR) is 86.4 cm³/mol. The molecule has 0 spiro atoms. The van der Waals surface area contributed by atoms with E-state index in [1.807, 2.05) is 17.5 Å². The van der Waals surface area contributed by atoms with Crippen LogP contribution in [0, 0.1) is 0 Å². The van der Waals surface area contributed by atoms with Gasteiger partial charge in [0, 0.05) is 17.0 Å². The van der Waals surface area contributed by atoms with Gasteiger partial charge in [-0.1, -0.05) is 6.07 Å². The van der Waals surface area contributed by atoms with Crippen LogP contribution >= 0.6 is 11.3 Å². The molecule has 1 atom stereocenters. The lowest BCUT2D eigenvalue weighted by Crippen LogP contribution is -2.34. The summed E-state index contributed by atoms with van der Waals surface area (Å²) >= 11 is 1.65. The molecule has 2 amide bonds. The molecule has 1 aliphatic heterocycles. The number of aryl methyl sites for hydroxylation is 1. The zero-order valence-corrected chi connectivity index (χ0v) is 12.9. The molecule has 1 aromatic carbocycles. The number of benzene rings is 1. The molecule has 0 aliphatic carbocycles. The van der Waals surface area contributed by atoms with E-state index in [1.54, 1.807) is 36.5 Å². The molecule has 6 heteroatoms. The average Bonchev–Trinajstić information content (AvgIpc) is 3.00. The number of amides is 2. The van der Waals surface area contributed by atoms with E-state index >= 15 is 0 Å². The summed E-state index contributed by atoms with van der Waals surface area (Å²) in [6.45, 7) is 1.69. The van der Waals surface area contributed by atoms with Crippen LogP contribution in [0.1, 0.15) is 18.2 Å². The third-order valence-corrected chi connectivity index (χ3v) is 4.31. The van der Waals surface area contributed by atoms with Gasteiger partial charge in [0.05, 0.1) is 5.69 Å². The highest BCUT2D eigenvalue weighted by atomic mass is 32.1. The van der Waals surface area contributed by atoms with E-state index < -0.39 is 6.10 Å². The topological polar surface area (TPSA) is 67.4 Å². The first-order valence-corrected chi connectivity index (χ1v) is 7.93. The minimum absolute atomic E-state index is 0.0511. The molecule has 0 bridgehead atoms. The Morgan fingerprint density at radius 2 is 2.27 bits per heavy atom. The first-order valence-electron chi connectivity index (χ1n) is 7.05. The van der Waals surface area contributed by atoms with Crippen molar-refractivity contribution in [3.63, 3.8) is 0 Å². The van der Waals surface area contributed by atoms with E-state index in [-0.39, 0.29) is 11.8 Å². The van der Waals surface area contributed by atoms with Crippen molar-refractivity contribution in [1.29, 1.82) is 0 Å². The summed E-state index contributed by atoms with van der Waals surface area (Å²) in [5.74, 6) is 0.377. The smallest absolute Gasteiger partial charge is 0.265 e. The highest BCUT2D eigenvalue weighted by molar-refractivity contribution is 7.09. The molecule has 114 valence electrons. The van der Waals surface area contributed by atoms with E-state index in [1.165, 1.54) is 4.88 Å². The lowest BCUT2D eigenvalue weighted by Gasteiger charge is -2.23. The minimum atomic E-state index is -0.501. The largest absolute Gasteiger partial charge is 0.479 e. The van der Waals surface area contributed by atoms with Gasteiger partial charge in [-0.15, -0.1) is 11.3 Å². The maximum Gasteiger partial charge on any atom is 0.265 e. The van der Waals surface area contributed by atoms with E-state index in [2.05, 4.69) is 10.6 Å². The second kappa shape index (κ2) is 6.19. The van der Waals surface area contributed by atoms with Crippen molar-refractivity contribution in [2.24, 2.45) is 0 Å². The Bertz CT molecular complexity index is 697. The third-order valence-electron chi connectivity index (χ3n) is 3.37. The van der Waals surface area contributed by atoms with Crippen LogP contribution in [-0.2, 0) is 16.0 Å². The average molecular weight is 316 g/mol. The Morgan fingerprint density at radius 1 is 1.41 bits per heavy atom. The lowest BCUT2D eigenvalue weighted by molar-refractivity contribution is -0.122. The Labute approximate surface area is 132 Å². The second-order valence-corrected chi connectivity index (χ2v) is 6.12. The number of hydrogen-bond acceptors (Lipinski definition) is 4. The molecule has 0 saturated heterocycles. The zero-order valence-electron chi connectivity index (χ0n) is 12.1. The number of nitrogens with one attached hydrogen (secondary N) is 2. The van der Waals surface area contributed by atoms with Gasteiger partial charge in [0.1, 0.15) is 5.75 Å². The van der Waals surface area contributed by atoms with Crippen molar-refractivity contribution >= 4 is 34.5 Å². The van der Waals surface area contributed by atoms with Crippen molar-refractivity contribution in [3.05, 3.63) is 40.6 Å². The van der Waals surface area contributed by atoms with Crippen LogP contribution in [0.25, 0.3) is 0 Å². The maximum absolute atomic E-state index is 12.0. The molecular weight excluding hydrogens is 300 g/mol. The highest BCUT2D eigenvalue weighted by Crippen LogP contribution is 2.32. The van der Waals surface area contributed by atoms with Crippen LogP contribution in [-0.4, -0.2) is 17.9 Å². The fourth-order valence-corrected chi connectivity index (χ4v) is 2.91. The highest BCUT2D eigenvalue weighted by Gasteiger charge is 2.23. The van der Waals surface area contributed by atoms with Crippen molar-refractivity contribution in [3.8, 4) is 5.75 Å². The Kier molecular flexibility index (Phi) is 4.11. The summed E-state index contributed by atoms with van der Waals surface area (Å²) in [6.07, 6.45) is 0.655. The van der Waals surface area contributed by atoms with Gasteiger partial charge in [-0.05, 0) is 43.0 Å².